The van der Waals surface area contributed by atoms with Gasteiger partial charge in [0, 0.05) is 17.6 Å². The van der Waals surface area contributed by atoms with Gasteiger partial charge in [-0.1, -0.05) is 25.5 Å². The molecule has 3 heteroatoms. The largest absolute Gasteiger partial charge is 0.494 e. The van der Waals surface area contributed by atoms with Crippen molar-refractivity contribution in [2.75, 3.05) is 13.7 Å². The lowest BCUT2D eigenvalue weighted by Crippen LogP contribution is -2.15. The number of methoxy groups -OCH3 is 1. The molecule has 0 amide bonds. The van der Waals surface area contributed by atoms with E-state index in [4.69, 9.17) is 4.74 Å². The van der Waals surface area contributed by atoms with Crippen LogP contribution in [-0.4, -0.2) is 18.6 Å². The summed E-state index contributed by atoms with van der Waals surface area (Å²) >= 11 is 0. The number of benzene rings is 1. The van der Waals surface area contributed by atoms with Crippen LogP contribution in [0.4, 0.5) is 0 Å². The van der Waals surface area contributed by atoms with Gasteiger partial charge < -0.3 is 10.1 Å². The Hall–Kier alpha value is -1.61. The van der Waals surface area contributed by atoms with Crippen LogP contribution in [0.5, 0.6) is 5.75 Å². The number of fused-ring (bicyclic) bond motifs is 1. The minimum atomic E-state index is 0.844. The van der Waals surface area contributed by atoms with E-state index in [1.165, 1.54) is 23.8 Å². The SMILES string of the molecule is CCCCNCc1cc(C)nc2c(OC)cccc12. The predicted octanol–water partition coefficient (Wildman–Crippen LogP) is 3.44. The van der Waals surface area contributed by atoms with Crippen LogP contribution < -0.4 is 10.1 Å². The van der Waals surface area contributed by atoms with Gasteiger partial charge in [-0.05, 0) is 37.6 Å². The zero-order valence-corrected chi connectivity index (χ0v) is 12.0. The molecule has 1 heterocycles. The molecule has 102 valence electrons. The quantitative estimate of drug-likeness (QED) is 0.806. The average molecular weight is 258 g/mol. The van der Waals surface area contributed by atoms with Gasteiger partial charge in [0.25, 0.3) is 0 Å². The molecule has 0 saturated carbocycles. The Morgan fingerprint density at radius 2 is 2.16 bits per heavy atom. The number of hydrogen-bond donors (Lipinski definition) is 1. The third-order valence-electron chi connectivity index (χ3n) is 3.26. The summed E-state index contributed by atoms with van der Waals surface area (Å²) in [6.07, 6.45) is 2.43. The lowest BCUT2D eigenvalue weighted by molar-refractivity contribution is 0.419. The minimum absolute atomic E-state index is 0.844. The van der Waals surface area contributed by atoms with Crippen molar-refractivity contribution in [3.63, 3.8) is 0 Å². The van der Waals surface area contributed by atoms with Crippen molar-refractivity contribution >= 4 is 10.9 Å². The molecule has 1 N–H and O–H groups in total. The van der Waals surface area contributed by atoms with Gasteiger partial charge >= 0.3 is 0 Å². The van der Waals surface area contributed by atoms with Crippen molar-refractivity contribution in [1.29, 1.82) is 0 Å². The highest BCUT2D eigenvalue weighted by Crippen LogP contribution is 2.26. The lowest BCUT2D eigenvalue weighted by Gasteiger charge is -2.11. The molecule has 0 aliphatic rings. The first-order chi connectivity index (χ1) is 9.26. The maximum Gasteiger partial charge on any atom is 0.145 e. The number of rotatable bonds is 6. The summed E-state index contributed by atoms with van der Waals surface area (Å²) in [5, 5.41) is 4.67. The molecule has 0 aliphatic heterocycles. The van der Waals surface area contributed by atoms with Crippen molar-refractivity contribution in [1.82, 2.24) is 10.3 Å². The van der Waals surface area contributed by atoms with Crippen molar-refractivity contribution in [2.45, 2.75) is 33.2 Å². The summed E-state index contributed by atoms with van der Waals surface area (Å²) in [6, 6.07) is 8.25. The number of para-hydroxylation sites is 1. The molecule has 0 saturated heterocycles. The fourth-order valence-corrected chi connectivity index (χ4v) is 2.27. The highest BCUT2D eigenvalue weighted by Gasteiger charge is 2.07. The van der Waals surface area contributed by atoms with Crippen LogP contribution in [0.1, 0.15) is 31.0 Å². The number of hydrogen-bond acceptors (Lipinski definition) is 3. The summed E-state index contributed by atoms with van der Waals surface area (Å²) in [4.78, 5) is 4.60. The third kappa shape index (κ3) is 3.24. The Kier molecular flexibility index (Phi) is 4.74. The molecule has 0 fully saturated rings. The topological polar surface area (TPSA) is 34.2 Å². The molecule has 1 aromatic carbocycles. The average Bonchev–Trinajstić information content (AvgIpc) is 2.42. The zero-order valence-electron chi connectivity index (χ0n) is 12.0. The number of nitrogens with zero attached hydrogens (tertiary/aromatic N) is 1. The van der Waals surface area contributed by atoms with E-state index in [1.807, 2.05) is 19.1 Å². The van der Waals surface area contributed by atoms with E-state index in [1.54, 1.807) is 7.11 Å². The smallest absolute Gasteiger partial charge is 0.145 e. The molecule has 2 aromatic rings. The lowest BCUT2D eigenvalue weighted by atomic mass is 10.1. The van der Waals surface area contributed by atoms with E-state index in [9.17, 15) is 0 Å². The monoisotopic (exact) mass is 258 g/mol. The Morgan fingerprint density at radius 1 is 1.32 bits per heavy atom. The molecule has 1 aromatic heterocycles. The number of aromatic nitrogens is 1. The molecular weight excluding hydrogens is 236 g/mol. The van der Waals surface area contributed by atoms with Gasteiger partial charge in [-0.25, -0.2) is 4.98 Å². The second-order valence-corrected chi connectivity index (χ2v) is 4.81. The first-order valence-corrected chi connectivity index (χ1v) is 6.90. The molecule has 3 nitrogen and oxygen atoms in total. The molecule has 0 unspecified atom stereocenters. The van der Waals surface area contributed by atoms with Crippen molar-refractivity contribution in [3.05, 3.63) is 35.5 Å². The second kappa shape index (κ2) is 6.53. The van der Waals surface area contributed by atoms with Crippen molar-refractivity contribution in [3.8, 4) is 5.75 Å². The fraction of sp³-hybridized carbons (Fsp3) is 0.438. The van der Waals surface area contributed by atoms with Crippen molar-refractivity contribution in [2.24, 2.45) is 0 Å². The number of aryl methyl sites for hydroxylation is 1. The Bertz CT molecular complexity index is 552. The first kappa shape index (κ1) is 13.8. The molecule has 0 spiro atoms. The molecule has 0 radical (unpaired) electrons. The normalized spacial score (nSPS) is 10.9. The Labute approximate surface area is 115 Å². The standard InChI is InChI=1S/C16H22N2O/c1-4-5-9-17-11-13-10-12(2)18-16-14(13)7-6-8-15(16)19-3/h6-8,10,17H,4-5,9,11H2,1-3H3. The van der Waals surface area contributed by atoms with Gasteiger partial charge in [0.15, 0.2) is 0 Å². The second-order valence-electron chi connectivity index (χ2n) is 4.81. The van der Waals surface area contributed by atoms with E-state index >= 15 is 0 Å². The third-order valence-corrected chi connectivity index (χ3v) is 3.26. The van der Waals surface area contributed by atoms with Gasteiger partial charge in [0.1, 0.15) is 11.3 Å². The predicted molar refractivity (Wildman–Crippen MR) is 79.6 cm³/mol. The van der Waals surface area contributed by atoms with Gasteiger partial charge in [-0.3, -0.25) is 0 Å². The van der Waals surface area contributed by atoms with Gasteiger partial charge in [0.2, 0.25) is 0 Å². The number of unbranched alkanes of at least 4 members (excludes halogenated alkanes) is 1. The summed E-state index contributed by atoms with van der Waals surface area (Å²) < 4.78 is 5.40. The van der Waals surface area contributed by atoms with Crippen LogP contribution in [0.3, 0.4) is 0 Å². The molecule has 0 atom stereocenters. The Balaban J connectivity index is 2.32. The zero-order chi connectivity index (χ0) is 13.7. The van der Waals surface area contributed by atoms with E-state index in [0.29, 0.717) is 0 Å². The van der Waals surface area contributed by atoms with Gasteiger partial charge in [-0.2, -0.15) is 0 Å². The number of nitrogens with one attached hydrogen (secondary N) is 1. The molecule has 0 aliphatic carbocycles. The molecular formula is C16H22N2O. The summed E-state index contributed by atoms with van der Waals surface area (Å²) in [5.74, 6) is 0.844. The van der Waals surface area contributed by atoms with E-state index in [-0.39, 0.29) is 0 Å². The Morgan fingerprint density at radius 3 is 2.89 bits per heavy atom. The van der Waals surface area contributed by atoms with Crippen LogP contribution in [0, 0.1) is 6.92 Å². The fourth-order valence-electron chi connectivity index (χ4n) is 2.27. The summed E-state index contributed by atoms with van der Waals surface area (Å²) in [6.45, 7) is 6.18. The van der Waals surface area contributed by atoms with E-state index < -0.39 is 0 Å². The van der Waals surface area contributed by atoms with Crippen molar-refractivity contribution < 1.29 is 4.74 Å². The maximum absolute atomic E-state index is 5.40. The molecule has 2 rings (SSSR count). The molecule has 0 bridgehead atoms. The van der Waals surface area contributed by atoms with Gasteiger partial charge in [0.05, 0.1) is 7.11 Å². The highest BCUT2D eigenvalue weighted by atomic mass is 16.5. The first-order valence-electron chi connectivity index (χ1n) is 6.90. The van der Waals surface area contributed by atoms with Crippen LogP contribution in [0.2, 0.25) is 0 Å². The minimum Gasteiger partial charge on any atom is -0.494 e. The van der Waals surface area contributed by atoms with Crippen LogP contribution >= 0.6 is 0 Å². The maximum atomic E-state index is 5.40. The van der Waals surface area contributed by atoms with E-state index in [2.05, 4.69) is 29.4 Å². The van der Waals surface area contributed by atoms with Gasteiger partial charge in [-0.15, -0.1) is 0 Å². The number of ether oxygens (including phenoxy) is 1. The highest BCUT2D eigenvalue weighted by molar-refractivity contribution is 5.87. The van der Waals surface area contributed by atoms with E-state index in [0.717, 1.165) is 30.0 Å². The van der Waals surface area contributed by atoms with Crippen LogP contribution in [-0.2, 0) is 6.54 Å². The van der Waals surface area contributed by atoms with Crippen LogP contribution in [0.25, 0.3) is 10.9 Å². The summed E-state index contributed by atoms with van der Waals surface area (Å²) in [5.41, 5.74) is 3.28. The molecule has 19 heavy (non-hydrogen) atoms. The summed E-state index contributed by atoms with van der Waals surface area (Å²) in [7, 11) is 1.69. The van der Waals surface area contributed by atoms with Crippen LogP contribution in [0.15, 0.2) is 24.3 Å². The number of pyridine rings is 1.